The zero-order valence-corrected chi connectivity index (χ0v) is 19.6. The average molecular weight is 427 g/mol. The minimum absolute atomic E-state index is 0.000995. The Bertz CT molecular complexity index is 831. The van der Waals surface area contributed by atoms with Gasteiger partial charge in [0.2, 0.25) is 11.8 Å². The fourth-order valence-electron chi connectivity index (χ4n) is 3.15. The summed E-state index contributed by atoms with van der Waals surface area (Å²) in [6.07, 6.45) is 0.724. The SMILES string of the molecule is Cc1ccccc1CSCC(=O)N(CCc1ccccc1)[C@H](C)C(=O)NC(C)(C)C. The summed E-state index contributed by atoms with van der Waals surface area (Å²) < 4.78 is 0. The number of benzene rings is 2. The molecule has 0 unspecified atom stereocenters. The molecule has 0 saturated carbocycles. The van der Waals surface area contributed by atoms with Gasteiger partial charge in [-0.25, -0.2) is 0 Å². The van der Waals surface area contributed by atoms with Crippen LogP contribution in [0.5, 0.6) is 0 Å². The van der Waals surface area contributed by atoms with Crippen LogP contribution in [0.4, 0.5) is 0 Å². The number of aryl methyl sites for hydroxylation is 1. The molecule has 0 radical (unpaired) electrons. The third-order valence-electron chi connectivity index (χ3n) is 4.89. The molecule has 0 bridgehead atoms. The molecule has 2 amide bonds. The van der Waals surface area contributed by atoms with E-state index in [4.69, 9.17) is 0 Å². The van der Waals surface area contributed by atoms with Crippen LogP contribution in [0.1, 0.15) is 44.4 Å². The van der Waals surface area contributed by atoms with Gasteiger partial charge >= 0.3 is 0 Å². The Kier molecular flexibility index (Phi) is 8.97. The maximum Gasteiger partial charge on any atom is 0.242 e. The molecule has 2 rings (SSSR count). The summed E-state index contributed by atoms with van der Waals surface area (Å²) in [5.41, 5.74) is 3.30. The van der Waals surface area contributed by atoms with Gasteiger partial charge in [-0.15, -0.1) is 11.8 Å². The molecule has 0 aromatic heterocycles. The van der Waals surface area contributed by atoms with Crippen LogP contribution in [0.25, 0.3) is 0 Å². The van der Waals surface area contributed by atoms with Crippen molar-refractivity contribution in [2.45, 2.75) is 58.4 Å². The number of thioether (sulfide) groups is 1. The Morgan fingerprint density at radius 3 is 2.30 bits per heavy atom. The lowest BCUT2D eigenvalue weighted by atomic mass is 10.1. The van der Waals surface area contributed by atoms with Crippen LogP contribution in [0.15, 0.2) is 54.6 Å². The first-order valence-electron chi connectivity index (χ1n) is 10.4. The van der Waals surface area contributed by atoms with Gasteiger partial charge in [-0.05, 0) is 57.7 Å². The van der Waals surface area contributed by atoms with E-state index in [1.54, 1.807) is 16.7 Å². The zero-order chi connectivity index (χ0) is 22.1. The highest BCUT2D eigenvalue weighted by atomic mass is 32.2. The van der Waals surface area contributed by atoms with Gasteiger partial charge in [0, 0.05) is 17.8 Å². The van der Waals surface area contributed by atoms with Gasteiger partial charge in [-0.1, -0.05) is 54.6 Å². The average Bonchev–Trinajstić information content (AvgIpc) is 2.69. The summed E-state index contributed by atoms with van der Waals surface area (Å²) in [5.74, 6) is 1.03. The van der Waals surface area contributed by atoms with Gasteiger partial charge in [-0.3, -0.25) is 9.59 Å². The van der Waals surface area contributed by atoms with Crippen LogP contribution in [-0.4, -0.2) is 40.6 Å². The van der Waals surface area contributed by atoms with Crippen molar-refractivity contribution < 1.29 is 9.59 Å². The number of nitrogens with one attached hydrogen (secondary N) is 1. The molecule has 1 atom stereocenters. The van der Waals surface area contributed by atoms with Crippen molar-refractivity contribution in [3.8, 4) is 0 Å². The molecule has 0 spiro atoms. The number of nitrogens with zero attached hydrogens (tertiary/aromatic N) is 1. The van der Waals surface area contributed by atoms with Crippen molar-refractivity contribution in [1.29, 1.82) is 0 Å². The van der Waals surface area contributed by atoms with E-state index >= 15 is 0 Å². The Morgan fingerprint density at radius 1 is 1.03 bits per heavy atom. The van der Waals surface area contributed by atoms with Crippen molar-refractivity contribution in [1.82, 2.24) is 10.2 Å². The maximum atomic E-state index is 13.1. The van der Waals surface area contributed by atoms with Crippen LogP contribution >= 0.6 is 11.8 Å². The molecular weight excluding hydrogens is 392 g/mol. The second kappa shape index (κ2) is 11.2. The second-order valence-electron chi connectivity index (χ2n) is 8.66. The van der Waals surface area contributed by atoms with E-state index in [9.17, 15) is 9.59 Å². The van der Waals surface area contributed by atoms with Crippen molar-refractivity contribution in [2.24, 2.45) is 0 Å². The van der Waals surface area contributed by atoms with E-state index < -0.39 is 6.04 Å². The molecule has 0 aliphatic heterocycles. The van der Waals surface area contributed by atoms with Crippen LogP contribution in [0.2, 0.25) is 0 Å². The van der Waals surface area contributed by atoms with E-state index in [0.717, 1.165) is 17.7 Å². The first-order chi connectivity index (χ1) is 14.2. The highest BCUT2D eigenvalue weighted by molar-refractivity contribution is 7.99. The number of rotatable bonds is 9. The first-order valence-corrected chi connectivity index (χ1v) is 11.6. The predicted octanol–water partition coefficient (Wildman–Crippen LogP) is 4.60. The summed E-state index contributed by atoms with van der Waals surface area (Å²) in [6.45, 7) is 10.3. The number of carbonyl (C=O) groups excluding carboxylic acids is 2. The van der Waals surface area contributed by atoms with Gasteiger partial charge in [-0.2, -0.15) is 0 Å². The molecule has 5 heteroatoms. The molecule has 0 aliphatic rings. The second-order valence-corrected chi connectivity index (χ2v) is 9.64. The Hall–Kier alpha value is -2.27. The third kappa shape index (κ3) is 7.86. The Labute approximate surface area is 185 Å². The molecule has 0 saturated heterocycles. The van der Waals surface area contributed by atoms with Gasteiger partial charge in [0.1, 0.15) is 6.04 Å². The van der Waals surface area contributed by atoms with E-state index in [2.05, 4.69) is 36.5 Å². The zero-order valence-electron chi connectivity index (χ0n) is 18.8. The smallest absolute Gasteiger partial charge is 0.242 e. The molecule has 2 aromatic carbocycles. The first kappa shape index (κ1) is 24.0. The fraction of sp³-hybridized carbons (Fsp3) is 0.440. The standard InChI is InChI=1S/C25H34N2O2S/c1-19-11-9-10-14-22(19)17-30-18-23(28)27(16-15-21-12-7-6-8-13-21)20(2)24(29)26-25(3,4)5/h6-14,20H,15-18H2,1-5H3,(H,26,29)/t20-/m1/s1. The van der Waals surface area contributed by atoms with Crippen LogP contribution in [-0.2, 0) is 21.8 Å². The summed E-state index contributed by atoms with van der Waals surface area (Å²) in [6, 6.07) is 17.8. The van der Waals surface area contributed by atoms with Gasteiger partial charge < -0.3 is 10.2 Å². The van der Waals surface area contributed by atoms with E-state index in [1.165, 1.54) is 11.1 Å². The summed E-state index contributed by atoms with van der Waals surface area (Å²) in [4.78, 5) is 27.5. The number of carbonyl (C=O) groups is 2. The van der Waals surface area contributed by atoms with E-state index in [1.807, 2.05) is 58.0 Å². The highest BCUT2D eigenvalue weighted by Crippen LogP contribution is 2.17. The molecule has 0 fully saturated rings. The molecule has 2 aromatic rings. The molecule has 0 aliphatic carbocycles. The summed E-state index contributed by atoms with van der Waals surface area (Å²) >= 11 is 1.60. The monoisotopic (exact) mass is 426 g/mol. The molecule has 1 N–H and O–H groups in total. The van der Waals surface area contributed by atoms with Gasteiger partial charge in [0.25, 0.3) is 0 Å². The molecule has 0 heterocycles. The predicted molar refractivity (Wildman–Crippen MR) is 127 cm³/mol. The Morgan fingerprint density at radius 2 is 1.67 bits per heavy atom. The topological polar surface area (TPSA) is 49.4 Å². The van der Waals surface area contributed by atoms with Crippen LogP contribution in [0.3, 0.4) is 0 Å². The van der Waals surface area contributed by atoms with Crippen molar-refractivity contribution in [3.05, 3.63) is 71.3 Å². The van der Waals surface area contributed by atoms with Gasteiger partial charge in [0.15, 0.2) is 0 Å². The van der Waals surface area contributed by atoms with Crippen LogP contribution < -0.4 is 5.32 Å². The highest BCUT2D eigenvalue weighted by Gasteiger charge is 2.27. The van der Waals surface area contributed by atoms with E-state index in [-0.39, 0.29) is 17.4 Å². The largest absolute Gasteiger partial charge is 0.350 e. The van der Waals surface area contributed by atoms with Crippen molar-refractivity contribution in [3.63, 3.8) is 0 Å². The Balaban J connectivity index is 2.03. The van der Waals surface area contributed by atoms with Crippen molar-refractivity contribution in [2.75, 3.05) is 12.3 Å². The molecule has 30 heavy (non-hydrogen) atoms. The fourth-order valence-corrected chi connectivity index (χ4v) is 4.13. The minimum atomic E-state index is -0.514. The van der Waals surface area contributed by atoms with Crippen molar-refractivity contribution >= 4 is 23.6 Å². The summed E-state index contributed by atoms with van der Waals surface area (Å²) in [5, 5.41) is 3.00. The van der Waals surface area contributed by atoms with Crippen LogP contribution in [0, 0.1) is 6.92 Å². The number of amides is 2. The van der Waals surface area contributed by atoms with Gasteiger partial charge in [0.05, 0.1) is 5.75 Å². The third-order valence-corrected chi connectivity index (χ3v) is 5.86. The number of hydrogen-bond acceptors (Lipinski definition) is 3. The summed E-state index contributed by atoms with van der Waals surface area (Å²) in [7, 11) is 0. The molecule has 4 nitrogen and oxygen atoms in total. The minimum Gasteiger partial charge on any atom is -0.350 e. The lowest BCUT2D eigenvalue weighted by Crippen LogP contribution is -2.53. The molecular formula is C25H34N2O2S. The normalized spacial score (nSPS) is 12.3. The quantitative estimate of drug-likeness (QED) is 0.637. The lowest BCUT2D eigenvalue weighted by Gasteiger charge is -2.31. The lowest BCUT2D eigenvalue weighted by molar-refractivity contribution is -0.138. The van der Waals surface area contributed by atoms with E-state index in [0.29, 0.717) is 12.3 Å². The molecule has 162 valence electrons. The maximum absolute atomic E-state index is 13.1. The number of hydrogen-bond donors (Lipinski definition) is 1.